The third-order valence-corrected chi connectivity index (χ3v) is 3.23. The summed E-state index contributed by atoms with van der Waals surface area (Å²) in [7, 11) is 0. The molecule has 0 aromatic heterocycles. The van der Waals surface area contributed by atoms with Crippen molar-refractivity contribution in [2.75, 3.05) is 0 Å². The lowest BCUT2D eigenvalue weighted by atomic mass is 10.0. The average molecular weight is 287 g/mol. The normalized spacial score (nSPS) is 12.4. The minimum Gasteiger partial charge on any atom is -0.207 e. The first-order valence-electron chi connectivity index (χ1n) is 5.40. The zero-order chi connectivity index (χ0) is 13.1. The second-order valence-corrected chi connectivity index (χ2v) is 4.93. The van der Waals surface area contributed by atoms with Gasteiger partial charge >= 0.3 is 0 Å². The van der Waals surface area contributed by atoms with Gasteiger partial charge in [0.05, 0.1) is 5.38 Å². The summed E-state index contributed by atoms with van der Waals surface area (Å²) in [6.45, 7) is 0. The van der Waals surface area contributed by atoms with Gasteiger partial charge in [0.1, 0.15) is 11.6 Å². The van der Waals surface area contributed by atoms with Crippen LogP contribution in [0.25, 0.3) is 0 Å². The largest absolute Gasteiger partial charge is 0.207 e. The molecule has 2 aromatic rings. The van der Waals surface area contributed by atoms with Crippen LogP contribution < -0.4 is 0 Å². The fourth-order valence-corrected chi connectivity index (χ4v) is 2.30. The van der Waals surface area contributed by atoms with Crippen molar-refractivity contribution in [3.63, 3.8) is 0 Å². The predicted octanol–water partition coefficient (Wildman–Crippen LogP) is 5.14. The Balaban J connectivity index is 2.19. The van der Waals surface area contributed by atoms with E-state index in [0.717, 1.165) is 11.6 Å². The quantitative estimate of drug-likeness (QED) is 0.685. The Hall–Kier alpha value is -1.12. The van der Waals surface area contributed by atoms with Crippen molar-refractivity contribution in [3.05, 3.63) is 70.2 Å². The summed E-state index contributed by atoms with van der Waals surface area (Å²) in [4.78, 5) is 0. The monoisotopic (exact) mass is 286 g/mol. The van der Waals surface area contributed by atoms with Gasteiger partial charge < -0.3 is 0 Å². The van der Waals surface area contributed by atoms with E-state index in [0.29, 0.717) is 11.4 Å². The maximum Gasteiger partial charge on any atom is 0.130 e. The minimum absolute atomic E-state index is 0.290. The van der Waals surface area contributed by atoms with Gasteiger partial charge in [-0.05, 0) is 30.2 Å². The number of halogens is 4. The molecule has 1 unspecified atom stereocenters. The molecule has 0 aliphatic carbocycles. The molecule has 0 nitrogen and oxygen atoms in total. The number of alkyl halides is 1. The van der Waals surface area contributed by atoms with Gasteiger partial charge in [-0.3, -0.25) is 0 Å². The average Bonchev–Trinajstić information content (AvgIpc) is 2.28. The van der Waals surface area contributed by atoms with E-state index in [2.05, 4.69) is 0 Å². The lowest BCUT2D eigenvalue weighted by molar-refractivity contribution is 0.570. The van der Waals surface area contributed by atoms with Crippen LogP contribution in [-0.2, 0) is 6.42 Å². The molecular formula is C14H10Cl2F2. The van der Waals surface area contributed by atoms with Gasteiger partial charge in [-0.2, -0.15) is 0 Å². The third kappa shape index (κ3) is 3.21. The maximum absolute atomic E-state index is 13.5. The topological polar surface area (TPSA) is 0 Å². The summed E-state index contributed by atoms with van der Waals surface area (Å²) < 4.78 is 26.3. The molecule has 0 heterocycles. The van der Waals surface area contributed by atoms with E-state index in [-0.39, 0.29) is 5.56 Å². The van der Waals surface area contributed by atoms with Crippen molar-refractivity contribution in [2.24, 2.45) is 0 Å². The predicted molar refractivity (Wildman–Crippen MR) is 70.1 cm³/mol. The molecule has 0 spiro atoms. The second-order valence-electron chi connectivity index (χ2n) is 3.97. The number of hydrogen-bond acceptors (Lipinski definition) is 0. The van der Waals surface area contributed by atoms with Crippen molar-refractivity contribution in [1.82, 2.24) is 0 Å². The molecule has 0 N–H and O–H groups in total. The van der Waals surface area contributed by atoms with Crippen LogP contribution in [0.1, 0.15) is 16.5 Å². The Morgan fingerprint density at radius 1 is 1.06 bits per heavy atom. The standard InChI is InChI=1S/C14H10Cl2F2/c15-10-3-1-2-9(6-10)7-13(16)12-5-4-11(17)8-14(12)18/h1-6,8,13H,7H2. The highest BCUT2D eigenvalue weighted by atomic mass is 35.5. The van der Waals surface area contributed by atoms with Gasteiger partial charge in [0.2, 0.25) is 0 Å². The van der Waals surface area contributed by atoms with Gasteiger partial charge in [-0.15, -0.1) is 11.6 Å². The Bertz CT molecular complexity index is 555. The molecule has 0 saturated heterocycles. The van der Waals surface area contributed by atoms with Crippen molar-refractivity contribution < 1.29 is 8.78 Å². The Morgan fingerprint density at radius 3 is 2.50 bits per heavy atom. The van der Waals surface area contributed by atoms with Crippen LogP contribution in [-0.4, -0.2) is 0 Å². The highest BCUT2D eigenvalue weighted by molar-refractivity contribution is 6.30. The van der Waals surface area contributed by atoms with Gasteiger partial charge in [0, 0.05) is 16.7 Å². The molecule has 0 amide bonds. The molecule has 1 atom stereocenters. The molecule has 0 bridgehead atoms. The third-order valence-electron chi connectivity index (χ3n) is 2.60. The van der Waals surface area contributed by atoms with Crippen molar-refractivity contribution in [3.8, 4) is 0 Å². The molecule has 4 heteroatoms. The fourth-order valence-electron chi connectivity index (χ4n) is 1.74. The fraction of sp³-hybridized carbons (Fsp3) is 0.143. The van der Waals surface area contributed by atoms with Crippen LogP contribution >= 0.6 is 23.2 Å². The summed E-state index contributed by atoms with van der Waals surface area (Å²) >= 11 is 12.0. The Morgan fingerprint density at radius 2 is 1.83 bits per heavy atom. The van der Waals surface area contributed by atoms with E-state index in [1.165, 1.54) is 12.1 Å². The summed E-state index contributed by atoms with van der Waals surface area (Å²) in [5.74, 6) is -1.24. The van der Waals surface area contributed by atoms with E-state index < -0.39 is 17.0 Å². The smallest absolute Gasteiger partial charge is 0.130 e. The van der Waals surface area contributed by atoms with Crippen LogP contribution in [0.2, 0.25) is 5.02 Å². The number of rotatable bonds is 3. The van der Waals surface area contributed by atoms with E-state index in [1.54, 1.807) is 12.1 Å². The van der Waals surface area contributed by atoms with Gasteiger partial charge in [-0.25, -0.2) is 8.78 Å². The number of hydrogen-bond donors (Lipinski definition) is 0. The van der Waals surface area contributed by atoms with E-state index in [1.807, 2.05) is 12.1 Å². The van der Waals surface area contributed by atoms with Crippen molar-refractivity contribution in [2.45, 2.75) is 11.8 Å². The van der Waals surface area contributed by atoms with Crippen LogP contribution in [0.15, 0.2) is 42.5 Å². The Kier molecular flexibility index (Phi) is 4.20. The number of benzene rings is 2. The molecule has 0 aliphatic rings. The van der Waals surface area contributed by atoms with Crippen LogP contribution in [0, 0.1) is 11.6 Å². The first-order valence-corrected chi connectivity index (χ1v) is 6.21. The van der Waals surface area contributed by atoms with Crippen molar-refractivity contribution in [1.29, 1.82) is 0 Å². The zero-order valence-corrected chi connectivity index (χ0v) is 10.8. The summed E-state index contributed by atoms with van der Waals surface area (Å²) in [5.41, 5.74) is 1.20. The summed E-state index contributed by atoms with van der Waals surface area (Å²) in [6, 6.07) is 10.6. The van der Waals surface area contributed by atoms with E-state index in [9.17, 15) is 8.78 Å². The van der Waals surface area contributed by atoms with Gasteiger partial charge in [0.25, 0.3) is 0 Å². The molecule has 94 valence electrons. The molecule has 2 aromatic carbocycles. The molecule has 18 heavy (non-hydrogen) atoms. The molecule has 0 fully saturated rings. The van der Waals surface area contributed by atoms with E-state index in [4.69, 9.17) is 23.2 Å². The first kappa shape index (κ1) is 13.3. The highest BCUT2D eigenvalue weighted by Gasteiger charge is 2.14. The second kappa shape index (κ2) is 5.68. The summed E-state index contributed by atoms with van der Waals surface area (Å²) in [5, 5.41) is 0.0556. The van der Waals surface area contributed by atoms with Crippen LogP contribution in [0.4, 0.5) is 8.78 Å². The highest BCUT2D eigenvalue weighted by Crippen LogP contribution is 2.28. The lowest BCUT2D eigenvalue weighted by Gasteiger charge is -2.11. The Labute approximate surface area is 114 Å². The van der Waals surface area contributed by atoms with Gasteiger partial charge in [0.15, 0.2) is 0 Å². The first-order chi connectivity index (χ1) is 8.56. The van der Waals surface area contributed by atoms with Crippen molar-refractivity contribution >= 4 is 23.2 Å². The van der Waals surface area contributed by atoms with Crippen LogP contribution in [0.3, 0.4) is 0 Å². The molecular weight excluding hydrogens is 277 g/mol. The minimum atomic E-state index is -0.628. The molecule has 0 saturated carbocycles. The summed E-state index contributed by atoms with van der Waals surface area (Å²) in [6.07, 6.45) is 0.435. The lowest BCUT2D eigenvalue weighted by Crippen LogP contribution is -1.99. The molecule has 2 rings (SSSR count). The molecule has 0 radical (unpaired) electrons. The maximum atomic E-state index is 13.5. The molecule has 0 aliphatic heterocycles. The van der Waals surface area contributed by atoms with Crippen LogP contribution in [0.5, 0.6) is 0 Å². The van der Waals surface area contributed by atoms with E-state index >= 15 is 0 Å². The van der Waals surface area contributed by atoms with Gasteiger partial charge in [-0.1, -0.05) is 29.8 Å². The zero-order valence-electron chi connectivity index (χ0n) is 9.34. The SMILES string of the molecule is Fc1ccc(C(Cl)Cc2cccc(Cl)c2)c(F)c1.